The molecule has 0 radical (unpaired) electrons. The summed E-state index contributed by atoms with van der Waals surface area (Å²) in [6, 6.07) is 5.14. The molecule has 0 bridgehead atoms. The molecule has 0 aliphatic carbocycles. The highest BCUT2D eigenvalue weighted by atomic mass is 35.5. The number of halogens is 3. The van der Waals surface area contributed by atoms with Gasteiger partial charge in [-0.1, -0.05) is 0 Å². The number of aliphatic hydroxyl groups excluding tert-OH is 4. The molecule has 0 amide bonds. The first-order chi connectivity index (χ1) is 10.7. The van der Waals surface area contributed by atoms with E-state index in [0.29, 0.717) is 5.69 Å². The number of nitrogens with one attached hydrogen (secondary N) is 1. The monoisotopic (exact) mass is 355 g/mol. The predicted octanol–water partition coefficient (Wildman–Crippen LogP) is 0.0663. The van der Waals surface area contributed by atoms with Gasteiger partial charge in [0, 0.05) is 17.3 Å². The zero-order valence-corrected chi connectivity index (χ0v) is 12.4. The molecule has 0 aromatic heterocycles. The molecule has 1 aromatic rings. The summed E-state index contributed by atoms with van der Waals surface area (Å²) in [5.41, 5.74) is -3.47. The Bertz CT molecular complexity index is 512. The predicted molar refractivity (Wildman–Crippen MR) is 75.3 cm³/mol. The van der Waals surface area contributed by atoms with Gasteiger partial charge in [-0.2, -0.15) is 0 Å². The summed E-state index contributed by atoms with van der Waals surface area (Å²) in [7, 11) is 0. The van der Waals surface area contributed by atoms with Crippen LogP contribution in [0.1, 0.15) is 0 Å². The molecule has 2 rings (SSSR count). The molecule has 5 atom stereocenters. The third-order valence-corrected chi connectivity index (χ3v) is 3.37. The number of hydrogen-bond acceptors (Lipinski definition) is 7. The normalized spacial score (nSPS) is 31.7. The molecular weight excluding hydrogens is 340 g/mol. The van der Waals surface area contributed by atoms with Gasteiger partial charge >= 0.3 is 5.57 Å². The number of hydrogen-bond donors (Lipinski definition) is 5. The Morgan fingerprint density at radius 1 is 1.13 bits per heavy atom. The zero-order chi connectivity index (χ0) is 17.2. The molecule has 5 N–H and O–H groups in total. The fraction of sp³-hybridized carbons (Fsp3) is 0.538. The van der Waals surface area contributed by atoms with Gasteiger partial charge in [-0.05, 0) is 24.3 Å². The lowest BCUT2D eigenvalue weighted by molar-refractivity contribution is -0.221. The maximum absolute atomic E-state index is 12.5. The third kappa shape index (κ3) is 4.63. The summed E-state index contributed by atoms with van der Waals surface area (Å²) < 4.78 is 34.4. The van der Waals surface area contributed by atoms with E-state index >= 15 is 0 Å². The largest absolute Gasteiger partial charge is 0.487 e. The second-order valence-corrected chi connectivity index (χ2v) is 5.41. The van der Waals surface area contributed by atoms with Gasteiger partial charge in [-0.25, -0.2) is 0 Å². The number of alkyl halides is 3. The van der Waals surface area contributed by atoms with Crippen molar-refractivity contribution in [3.8, 4) is 5.75 Å². The van der Waals surface area contributed by atoms with Crippen molar-refractivity contribution in [1.29, 1.82) is 0 Å². The van der Waals surface area contributed by atoms with Gasteiger partial charge in [-0.3, -0.25) is 0 Å². The molecule has 10 heteroatoms. The lowest BCUT2D eigenvalue weighted by Gasteiger charge is -2.40. The van der Waals surface area contributed by atoms with Crippen LogP contribution < -0.4 is 10.1 Å². The average molecular weight is 356 g/mol. The molecule has 0 spiro atoms. The molecule has 130 valence electrons. The Labute approximate surface area is 135 Å². The average Bonchev–Trinajstić information content (AvgIpc) is 2.48. The van der Waals surface area contributed by atoms with Crippen LogP contribution in [0.4, 0.5) is 14.5 Å². The van der Waals surface area contributed by atoms with Crippen LogP contribution in [0.5, 0.6) is 5.75 Å². The topological polar surface area (TPSA) is 111 Å². The van der Waals surface area contributed by atoms with Crippen LogP contribution in [0.15, 0.2) is 24.3 Å². The molecule has 1 heterocycles. The molecule has 7 nitrogen and oxygen atoms in total. The summed E-state index contributed by atoms with van der Waals surface area (Å²) in [6.07, 6.45) is -6.61. The van der Waals surface area contributed by atoms with Crippen molar-refractivity contribution >= 4 is 17.3 Å². The van der Waals surface area contributed by atoms with E-state index in [9.17, 15) is 24.1 Å². The van der Waals surface area contributed by atoms with Gasteiger partial charge in [0.1, 0.15) is 30.2 Å². The maximum atomic E-state index is 12.5. The fourth-order valence-corrected chi connectivity index (χ4v) is 2.23. The zero-order valence-electron chi connectivity index (χ0n) is 11.6. The quantitative estimate of drug-likeness (QED) is 0.475. The van der Waals surface area contributed by atoms with E-state index in [1.54, 1.807) is 0 Å². The van der Waals surface area contributed by atoms with E-state index in [1.165, 1.54) is 24.3 Å². The second-order valence-electron chi connectivity index (χ2n) is 4.97. The number of aliphatic hydroxyl groups is 4. The maximum Gasteiger partial charge on any atom is 0.487 e. The molecule has 0 saturated carbocycles. The minimum atomic E-state index is -3.83. The van der Waals surface area contributed by atoms with Gasteiger partial charge in [-0.15, -0.1) is 8.78 Å². The lowest BCUT2D eigenvalue weighted by atomic mass is 9.98. The Morgan fingerprint density at radius 2 is 1.74 bits per heavy atom. The molecule has 1 aliphatic rings. The standard InChI is InChI=1S/C13H16ClF2NO6/c14-13(15,16)23-7-3-1-6(2-4-7)17-12-11(21)10(20)9(19)8(5-18)22-12/h1-4,8-12,17-21H,5H2/t8-,9+,10+,11+,12+/m0/s1. The first-order valence-electron chi connectivity index (χ1n) is 6.64. The number of ether oxygens (including phenoxy) is 2. The van der Waals surface area contributed by atoms with Crippen molar-refractivity contribution in [3.05, 3.63) is 24.3 Å². The van der Waals surface area contributed by atoms with Crippen LogP contribution >= 0.6 is 11.6 Å². The van der Waals surface area contributed by atoms with Crippen LogP contribution in [-0.2, 0) is 4.74 Å². The Hall–Kier alpha value is -1.23. The van der Waals surface area contributed by atoms with E-state index in [1.807, 2.05) is 0 Å². The van der Waals surface area contributed by atoms with Gasteiger partial charge < -0.3 is 35.2 Å². The first kappa shape index (κ1) is 18.1. The Morgan fingerprint density at radius 3 is 2.26 bits per heavy atom. The van der Waals surface area contributed by atoms with Crippen LogP contribution in [0, 0.1) is 0 Å². The van der Waals surface area contributed by atoms with E-state index in [2.05, 4.69) is 21.7 Å². The van der Waals surface area contributed by atoms with Crippen molar-refractivity contribution in [2.45, 2.75) is 36.2 Å². The molecule has 1 aliphatic heterocycles. The van der Waals surface area contributed by atoms with Gasteiger partial charge in [0.05, 0.1) is 6.61 Å². The summed E-state index contributed by atoms with van der Waals surface area (Å²) in [5.74, 6) is -0.177. The number of anilines is 1. The van der Waals surface area contributed by atoms with Gasteiger partial charge in [0.2, 0.25) is 0 Å². The highest BCUT2D eigenvalue weighted by molar-refractivity contribution is 6.20. The molecular formula is C13H16ClF2NO6. The minimum Gasteiger partial charge on any atom is -0.420 e. The fourth-order valence-electron chi connectivity index (χ4n) is 2.14. The summed E-state index contributed by atoms with van der Waals surface area (Å²) in [6.45, 7) is -0.555. The van der Waals surface area contributed by atoms with Crippen molar-refractivity contribution in [2.75, 3.05) is 11.9 Å². The van der Waals surface area contributed by atoms with Crippen LogP contribution in [0.25, 0.3) is 0 Å². The third-order valence-electron chi connectivity index (χ3n) is 3.29. The Balaban J connectivity index is 2.03. The summed E-state index contributed by atoms with van der Waals surface area (Å²) in [5, 5.41) is 41.0. The van der Waals surface area contributed by atoms with E-state index < -0.39 is 42.8 Å². The smallest absolute Gasteiger partial charge is 0.420 e. The molecule has 0 unspecified atom stereocenters. The van der Waals surface area contributed by atoms with Crippen LogP contribution in [0.3, 0.4) is 0 Å². The van der Waals surface area contributed by atoms with Crippen LogP contribution in [0.2, 0.25) is 0 Å². The van der Waals surface area contributed by atoms with Gasteiger partial charge in [0.15, 0.2) is 6.23 Å². The minimum absolute atomic E-state index is 0.177. The number of rotatable bonds is 5. The van der Waals surface area contributed by atoms with Crippen molar-refractivity contribution in [1.82, 2.24) is 0 Å². The Kier molecular flexibility index (Phi) is 5.61. The van der Waals surface area contributed by atoms with Crippen molar-refractivity contribution in [3.63, 3.8) is 0 Å². The SMILES string of the molecule is OC[C@@H]1O[C@@H](Nc2ccc(OC(F)(F)Cl)cc2)[C@H](O)[C@H](O)[C@@H]1O. The van der Waals surface area contributed by atoms with Gasteiger partial charge in [0.25, 0.3) is 0 Å². The van der Waals surface area contributed by atoms with E-state index in [0.717, 1.165) is 0 Å². The van der Waals surface area contributed by atoms with E-state index in [-0.39, 0.29) is 5.75 Å². The second kappa shape index (κ2) is 7.12. The highest BCUT2D eigenvalue weighted by Gasteiger charge is 2.43. The summed E-state index contributed by atoms with van der Waals surface area (Å²) in [4.78, 5) is 0. The molecule has 1 fully saturated rings. The summed E-state index contributed by atoms with van der Waals surface area (Å²) >= 11 is 4.64. The molecule has 1 aromatic carbocycles. The number of benzene rings is 1. The van der Waals surface area contributed by atoms with Crippen molar-refractivity contribution in [2.24, 2.45) is 0 Å². The highest BCUT2D eigenvalue weighted by Crippen LogP contribution is 2.27. The molecule has 23 heavy (non-hydrogen) atoms. The lowest BCUT2D eigenvalue weighted by Crippen LogP contribution is -2.60. The van der Waals surface area contributed by atoms with E-state index in [4.69, 9.17) is 9.84 Å². The molecule has 1 saturated heterocycles. The van der Waals surface area contributed by atoms with Crippen molar-refractivity contribution < 1.29 is 38.7 Å². The first-order valence-corrected chi connectivity index (χ1v) is 7.02. The van der Waals surface area contributed by atoms with Crippen LogP contribution in [-0.4, -0.2) is 63.2 Å².